The highest BCUT2D eigenvalue weighted by atomic mass is 16.1. The van der Waals surface area contributed by atoms with Crippen LogP contribution < -0.4 is 10.5 Å². The minimum atomic E-state index is 0.127. The molecule has 1 aromatic heterocycles. The van der Waals surface area contributed by atoms with Gasteiger partial charge in [0.15, 0.2) is 0 Å². The summed E-state index contributed by atoms with van der Waals surface area (Å²) in [5.74, 6) is 0.888. The number of aromatic amines is 1. The maximum Gasteiger partial charge on any atom is 0.254 e. The predicted octanol–water partition coefficient (Wildman–Crippen LogP) is 3.10. The van der Waals surface area contributed by atoms with Crippen molar-refractivity contribution in [3.8, 4) is 0 Å². The van der Waals surface area contributed by atoms with Gasteiger partial charge in [0.25, 0.3) is 5.56 Å². The molecular formula is C24H32N4O. The Kier molecular flexibility index (Phi) is 4.94. The number of H-pyrrole nitrogens is 1. The van der Waals surface area contributed by atoms with E-state index >= 15 is 0 Å². The fraction of sp³-hybridized carbons (Fsp3) is 0.583. The van der Waals surface area contributed by atoms with Crippen LogP contribution in [0, 0.1) is 12.3 Å². The fourth-order valence-corrected chi connectivity index (χ4v) is 5.01. The van der Waals surface area contributed by atoms with Crippen LogP contribution >= 0.6 is 0 Å². The third kappa shape index (κ3) is 4.11. The van der Waals surface area contributed by atoms with E-state index in [-0.39, 0.29) is 5.56 Å². The van der Waals surface area contributed by atoms with Crippen LogP contribution in [0.15, 0.2) is 29.1 Å². The molecule has 29 heavy (non-hydrogen) atoms. The lowest BCUT2D eigenvalue weighted by Crippen LogP contribution is -2.46. The van der Waals surface area contributed by atoms with E-state index in [2.05, 4.69) is 46.0 Å². The zero-order valence-corrected chi connectivity index (χ0v) is 17.5. The van der Waals surface area contributed by atoms with E-state index in [1.807, 2.05) is 0 Å². The molecule has 2 fully saturated rings. The Morgan fingerprint density at radius 3 is 2.55 bits per heavy atom. The number of piperazine rings is 1. The van der Waals surface area contributed by atoms with Crippen molar-refractivity contribution >= 4 is 5.69 Å². The van der Waals surface area contributed by atoms with Gasteiger partial charge < -0.3 is 9.88 Å². The molecule has 1 saturated carbocycles. The lowest BCUT2D eigenvalue weighted by Gasteiger charge is -2.36. The predicted molar refractivity (Wildman–Crippen MR) is 117 cm³/mol. The maximum atomic E-state index is 12.5. The van der Waals surface area contributed by atoms with Gasteiger partial charge in [0, 0.05) is 43.9 Å². The fourth-order valence-electron chi connectivity index (χ4n) is 5.01. The van der Waals surface area contributed by atoms with Crippen molar-refractivity contribution in [2.75, 3.05) is 37.6 Å². The summed E-state index contributed by atoms with van der Waals surface area (Å²) in [6.45, 7) is 7.58. The van der Waals surface area contributed by atoms with Crippen LogP contribution in [0.2, 0.25) is 0 Å². The van der Waals surface area contributed by atoms with Crippen LogP contribution in [0.3, 0.4) is 0 Å². The molecule has 0 radical (unpaired) electrons. The van der Waals surface area contributed by atoms with Crippen molar-refractivity contribution in [1.29, 1.82) is 0 Å². The van der Waals surface area contributed by atoms with Crippen molar-refractivity contribution in [1.82, 2.24) is 14.9 Å². The molecule has 2 heterocycles. The molecule has 5 rings (SSSR count). The van der Waals surface area contributed by atoms with E-state index in [0.717, 1.165) is 75.5 Å². The number of hydrogen-bond donors (Lipinski definition) is 1. The summed E-state index contributed by atoms with van der Waals surface area (Å²) in [6.07, 6.45) is 7.68. The van der Waals surface area contributed by atoms with Crippen molar-refractivity contribution < 1.29 is 0 Å². The van der Waals surface area contributed by atoms with Gasteiger partial charge in [-0.25, -0.2) is 4.98 Å². The number of nitrogens with one attached hydrogen (secondary N) is 1. The Morgan fingerprint density at radius 1 is 1.07 bits per heavy atom. The first kappa shape index (κ1) is 18.9. The Labute approximate surface area is 173 Å². The minimum Gasteiger partial charge on any atom is -0.369 e. The van der Waals surface area contributed by atoms with Crippen LogP contribution in [0.4, 0.5) is 5.69 Å². The van der Waals surface area contributed by atoms with Gasteiger partial charge in [0.1, 0.15) is 5.82 Å². The van der Waals surface area contributed by atoms with Crippen molar-refractivity contribution in [3.63, 3.8) is 0 Å². The van der Waals surface area contributed by atoms with E-state index in [9.17, 15) is 4.79 Å². The van der Waals surface area contributed by atoms with E-state index in [4.69, 9.17) is 4.98 Å². The average Bonchev–Trinajstić information content (AvgIpc) is 3.49. The molecule has 1 saturated heterocycles. The largest absolute Gasteiger partial charge is 0.369 e. The van der Waals surface area contributed by atoms with Gasteiger partial charge in [-0.2, -0.15) is 0 Å². The number of aromatic nitrogens is 2. The molecule has 1 aliphatic heterocycles. The van der Waals surface area contributed by atoms with Crippen LogP contribution in [0.25, 0.3) is 0 Å². The van der Waals surface area contributed by atoms with E-state index in [1.54, 1.807) is 0 Å². The SMILES string of the molecule is Cc1ccc(N2CCN(CCCc3nc4c(c(=O)[nH]3)CC3(CC4)CC3)CC2)cc1. The normalized spacial score (nSPS) is 20.7. The Hall–Kier alpha value is -2.14. The second-order valence-corrected chi connectivity index (χ2v) is 9.38. The van der Waals surface area contributed by atoms with E-state index < -0.39 is 0 Å². The highest BCUT2D eigenvalue weighted by Gasteiger charge is 2.45. The molecule has 154 valence electrons. The molecule has 1 spiro atoms. The molecule has 2 aliphatic carbocycles. The van der Waals surface area contributed by atoms with Crippen LogP contribution in [0.1, 0.15) is 48.3 Å². The molecule has 1 aromatic carbocycles. The molecule has 5 heteroatoms. The number of rotatable bonds is 5. The Morgan fingerprint density at radius 2 is 1.83 bits per heavy atom. The monoisotopic (exact) mass is 392 g/mol. The lowest BCUT2D eigenvalue weighted by atomic mass is 9.84. The lowest BCUT2D eigenvalue weighted by molar-refractivity contribution is 0.254. The third-order valence-corrected chi connectivity index (χ3v) is 7.21. The van der Waals surface area contributed by atoms with E-state index in [0.29, 0.717) is 5.41 Å². The molecule has 0 bridgehead atoms. The third-order valence-electron chi connectivity index (χ3n) is 7.21. The quantitative estimate of drug-likeness (QED) is 0.850. The first-order valence-corrected chi connectivity index (χ1v) is 11.3. The van der Waals surface area contributed by atoms with Gasteiger partial charge >= 0.3 is 0 Å². The zero-order chi connectivity index (χ0) is 19.8. The number of hydrogen-bond acceptors (Lipinski definition) is 4. The number of fused-ring (bicyclic) bond motifs is 1. The number of aryl methyl sites for hydroxylation is 3. The van der Waals surface area contributed by atoms with Gasteiger partial charge in [0.2, 0.25) is 0 Å². The van der Waals surface area contributed by atoms with Gasteiger partial charge in [0.05, 0.1) is 5.69 Å². The van der Waals surface area contributed by atoms with Gasteiger partial charge in [-0.1, -0.05) is 17.7 Å². The second kappa shape index (κ2) is 7.60. The number of nitrogens with zero attached hydrogens (tertiary/aromatic N) is 3. The van der Waals surface area contributed by atoms with Crippen LogP contribution in [-0.4, -0.2) is 47.6 Å². The summed E-state index contributed by atoms with van der Waals surface area (Å²) in [7, 11) is 0. The van der Waals surface area contributed by atoms with Gasteiger partial charge in [-0.05, 0) is 69.5 Å². The summed E-state index contributed by atoms with van der Waals surface area (Å²) in [4.78, 5) is 25.5. The molecule has 0 unspecified atom stereocenters. The van der Waals surface area contributed by atoms with Gasteiger partial charge in [-0.3, -0.25) is 9.69 Å². The molecule has 5 nitrogen and oxygen atoms in total. The van der Waals surface area contributed by atoms with E-state index in [1.165, 1.54) is 30.5 Å². The highest BCUT2D eigenvalue weighted by Crippen LogP contribution is 2.53. The highest BCUT2D eigenvalue weighted by molar-refractivity contribution is 5.47. The summed E-state index contributed by atoms with van der Waals surface area (Å²) in [6, 6.07) is 8.85. The zero-order valence-electron chi connectivity index (χ0n) is 17.5. The molecule has 3 aliphatic rings. The summed E-state index contributed by atoms with van der Waals surface area (Å²) in [5, 5.41) is 0. The molecular weight excluding hydrogens is 360 g/mol. The molecule has 0 amide bonds. The summed E-state index contributed by atoms with van der Waals surface area (Å²) < 4.78 is 0. The molecule has 1 N–H and O–H groups in total. The first-order chi connectivity index (χ1) is 14.1. The topological polar surface area (TPSA) is 52.2 Å². The maximum absolute atomic E-state index is 12.5. The summed E-state index contributed by atoms with van der Waals surface area (Å²) in [5.41, 5.74) is 5.29. The molecule has 2 aromatic rings. The van der Waals surface area contributed by atoms with Gasteiger partial charge in [-0.15, -0.1) is 0 Å². The standard InChI is InChI=1S/C24H32N4O/c1-18-4-6-19(7-5-18)28-15-13-27(14-16-28)12-2-3-22-25-21-8-9-24(10-11-24)17-20(21)23(29)26-22/h4-7H,2-3,8-17H2,1H3,(H,25,26,29). The minimum absolute atomic E-state index is 0.127. The van der Waals surface area contributed by atoms with Crippen LogP contribution in [0.5, 0.6) is 0 Å². The first-order valence-electron chi connectivity index (χ1n) is 11.3. The van der Waals surface area contributed by atoms with Crippen molar-refractivity contribution in [3.05, 3.63) is 57.3 Å². The number of benzene rings is 1. The second-order valence-electron chi connectivity index (χ2n) is 9.38. The number of anilines is 1. The molecule has 0 atom stereocenters. The smallest absolute Gasteiger partial charge is 0.254 e. The average molecular weight is 393 g/mol. The summed E-state index contributed by atoms with van der Waals surface area (Å²) >= 11 is 0. The van der Waals surface area contributed by atoms with Crippen LogP contribution in [-0.2, 0) is 19.3 Å². The van der Waals surface area contributed by atoms with Crippen molar-refractivity contribution in [2.45, 2.75) is 51.9 Å². The Balaban J connectivity index is 1.11. The Bertz CT molecular complexity index is 921. The van der Waals surface area contributed by atoms with Crippen molar-refractivity contribution in [2.24, 2.45) is 5.41 Å².